The van der Waals surface area contributed by atoms with Crippen molar-refractivity contribution in [3.63, 3.8) is 0 Å². The van der Waals surface area contributed by atoms with Crippen molar-refractivity contribution >= 4 is 21.8 Å². The van der Waals surface area contributed by atoms with E-state index >= 15 is 0 Å². The van der Waals surface area contributed by atoms with E-state index in [0.29, 0.717) is 6.54 Å². The molecule has 0 fully saturated rings. The number of amides is 1. The molecular formula is C17H17BrN2O. The van der Waals surface area contributed by atoms with Gasteiger partial charge in [-0.1, -0.05) is 58.4 Å². The number of carbonyl (C=O) groups is 1. The summed E-state index contributed by atoms with van der Waals surface area (Å²) in [6, 6.07) is 15.1. The van der Waals surface area contributed by atoms with Gasteiger partial charge in [-0.15, -0.1) is 0 Å². The van der Waals surface area contributed by atoms with Crippen LogP contribution >= 0.6 is 15.9 Å². The number of hydrogen-bond acceptors (Lipinski definition) is 2. The molecule has 0 bridgehead atoms. The Labute approximate surface area is 132 Å². The molecule has 1 heterocycles. The summed E-state index contributed by atoms with van der Waals surface area (Å²) in [4.78, 5) is 14.4. The first-order valence-corrected chi connectivity index (χ1v) is 7.81. The summed E-state index contributed by atoms with van der Waals surface area (Å²) in [5.74, 6) is -0.00757. The third kappa shape index (κ3) is 2.87. The summed E-state index contributed by atoms with van der Waals surface area (Å²) in [6.07, 6.45) is 0.865. The van der Waals surface area contributed by atoms with Gasteiger partial charge in [-0.2, -0.15) is 0 Å². The molecule has 0 aromatic heterocycles. The molecule has 2 N–H and O–H groups in total. The van der Waals surface area contributed by atoms with Crippen LogP contribution in [0.1, 0.15) is 22.7 Å². The lowest BCUT2D eigenvalue weighted by Gasteiger charge is -2.31. The van der Waals surface area contributed by atoms with Crippen molar-refractivity contribution in [1.29, 1.82) is 0 Å². The second kappa shape index (κ2) is 6.00. The lowest BCUT2D eigenvalue weighted by Crippen LogP contribution is -2.41. The van der Waals surface area contributed by atoms with Crippen LogP contribution in [0.25, 0.3) is 0 Å². The highest BCUT2D eigenvalue weighted by molar-refractivity contribution is 9.10. The van der Waals surface area contributed by atoms with Crippen LogP contribution in [0, 0.1) is 0 Å². The fourth-order valence-electron chi connectivity index (χ4n) is 2.75. The Balaban J connectivity index is 1.78. The molecule has 0 saturated carbocycles. The Morgan fingerprint density at radius 2 is 1.90 bits per heavy atom. The molecule has 2 aromatic carbocycles. The summed E-state index contributed by atoms with van der Waals surface area (Å²) < 4.78 is 1.12. The third-order valence-electron chi connectivity index (χ3n) is 3.95. The average molecular weight is 345 g/mol. The molecule has 0 spiro atoms. The molecule has 4 heteroatoms. The minimum Gasteiger partial charge on any atom is -0.336 e. The van der Waals surface area contributed by atoms with E-state index in [1.165, 1.54) is 11.1 Å². The number of benzene rings is 2. The summed E-state index contributed by atoms with van der Waals surface area (Å²) in [7, 11) is 0. The Bertz CT molecular complexity index is 657. The second-order valence-electron chi connectivity index (χ2n) is 5.28. The first-order valence-electron chi connectivity index (χ1n) is 7.02. The normalized spacial score (nSPS) is 15.4. The highest BCUT2D eigenvalue weighted by Gasteiger charge is 2.26. The van der Waals surface area contributed by atoms with E-state index < -0.39 is 6.04 Å². The van der Waals surface area contributed by atoms with Crippen LogP contribution in [-0.4, -0.2) is 17.4 Å². The molecule has 1 aliphatic rings. The van der Waals surface area contributed by atoms with Gasteiger partial charge in [-0.3, -0.25) is 4.79 Å². The van der Waals surface area contributed by atoms with Gasteiger partial charge in [0, 0.05) is 17.6 Å². The molecule has 0 radical (unpaired) electrons. The van der Waals surface area contributed by atoms with Crippen LogP contribution < -0.4 is 5.73 Å². The van der Waals surface area contributed by atoms with E-state index in [2.05, 4.69) is 22.0 Å². The number of nitrogens with two attached hydrogens (primary N) is 1. The SMILES string of the molecule is N[C@@H](C(=O)N1CCc2c(Br)cccc2C1)c1ccccc1. The summed E-state index contributed by atoms with van der Waals surface area (Å²) >= 11 is 3.58. The largest absolute Gasteiger partial charge is 0.336 e. The first-order chi connectivity index (χ1) is 10.2. The monoisotopic (exact) mass is 344 g/mol. The highest BCUT2D eigenvalue weighted by atomic mass is 79.9. The van der Waals surface area contributed by atoms with Gasteiger partial charge in [-0.05, 0) is 29.2 Å². The molecule has 1 atom stereocenters. The van der Waals surface area contributed by atoms with Crippen LogP contribution in [0.2, 0.25) is 0 Å². The van der Waals surface area contributed by atoms with Crippen LogP contribution in [0.5, 0.6) is 0 Å². The number of rotatable bonds is 2. The minimum atomic E-state index is -0.583. The predicted octanol–water partition coefficient (Wildman–Crippen LogP) is 3.03. The van der Waals surface area contributed by atoms with Crippen LogP contribution in [-0.2, 0) is 17.8 Å². The van der Waals surface area contributed by atoms with Gasteiger partial charge >= 0.3 is 0 Å². The highest BCUT2D eigenvalue weighted by Crippen LogP contribution is 2.27. The zero-order valence-corrected chi connectivity index (χ0v) is 13.2. The zero-order valence-electron chi connectivity index (χ0n) is 11.6. The van der Waals surface area contributed by atoms with E-state index in [1.54, 1.807) is 0 Å². The van der Waals surface area contributed by atoms with Crippen molar-refractivity contribution in [3.8, 4) is 0 Å². The van der Waals surface area contributed by atoms with Gasteiger partial charge < -0.3 is 10.6 Å². The number of fused-ring (bicyclic) bond motifs is 1. The van der Waals surface area contributed by atoms with Gasteiger partial charge in [0.1, 0.15) is 6.04 Å². The molecule has 0 saturated heterocycles. The predicted molar refractivity (Wildman–Crippen MR) is 86.6 cm³/mol. The van der Waals surface area contributed by atoms with Crippen molar-refractivity contribution in [2.75, 3.05) is 6.54 Å². The molecule has 1 aliphatic heterocycles. The lowest BCUT2D eigenvalue weighted by atomic mass is 9.98. The van der Waals surface area contributed by atoms with Gasteiger partial charge in [0.2, 0.25) is 5.91 Å². The average Bonchev–Trinajstić information content (AvgIpc) is 2.54. The molecule has 21 heavy (non-hydrogen) atoms. The van der Waals surface area contributed by atoms with Crippen LogP contribution in [0.4, 0.5) is 0 Å². The van der Waals surface area contributed by atoms with Gasteiger partial charge in [-0.25, -0.2) is 0 Å². The van der Waals surface area contributed by atoms with Gasteiger partial charge in [0.05, 0.1) is 0 Å². The summed E-state index contributed by atoms with van der Waals surface area (Å²) in [6.45, 7) is 1.35. The van der Waals surface area contributed by atoms with E-state index in [-0.39, 0.29) is 5.91 Å². The van der Waals surface area contributed by atoms with Crippen molar-refractivity contribution in [2.24, 2.45) is 5.73 Å². The number of carbonyl (C=O) groups excluding carboxylic acids is 1. The zero-order chi connectivity index (χ0) is 14.8. The van der Waals surface area contributed by atoms with Crippen molar-refractivity contribution in [1.82, 2.24) is 4.90 Å². The molecule has 3 rings (SSSR count). The van der Waals surface area contributed by atoms with E-state index in [1.807, 2.05) is 47.4 Å². The summed E-state index contributed by atoms with van der Waals surface area (Å²) in [5.41, 5.74) is 9.48. The Morgan fingerprint density at radius 1 is 1.14 bits per heavy atom. The molecule has 108 valence electrons. The lowest BCUT2D eigenvalue weighted by molar-refractivity contribution is -0.133. The summed E-state index contributed by atoms with van der Waals surface area (Å²) in [5, 5.41) is 0. The standard InChI is InChI=1S/C17H17BrN2O/c18-15-8-4-7-13-11-20(10-9-14(13)15)17(21)16(19)12-5-2-1-3-6-12/h1-8,16H,9-11,19H2/t16-/m1/s1. The Hall–Kier alpha value is -1.65. The molecule has 1 amide bonds. The molecule has 2 aromatic rings. The maximum Gasteiger partial charge on any atom is 0.244 e. The Kier molecular flexibility index (Phi) is 4.08. The van der Waals surface area contributed by atoms with Crippen LogP contribution in [0.15, 0.2) is 53.0 Å². The topological polar surface area (TPSA) is 46.3 Å². The van der Waals surface area contributed by atoms with Crippen LogP contribution in [0.3, 0.4) is 0 Å². The molecule has 3 nitrogen and oxygen atoms in total. The molecule has 0 aliphatic carbocycles. The van der Waals surface area contributed by atoms with Gasteiger partial charge in [0.15, 0.2) is 0 Å². The first kappa shape index (κ1) is 14.3. The third-order valence-corrected chi connectivity index (χ3v) is 4.69. The van der Waals surface area contributed by atoms with Gasteiger partial charge in [0.25, 0.3) is 0 Å². The fraction of sp³-hybridized carbons (Fsp3) is 0.235. The maximum atomic E-state index is 12.6. The van der Waals surface area contributed by atoms with E-state index in [9.17, 15) is 4.79 Å². The number of halogens is 1. The Morgan fingerprint density at radius 3 is 2.67 bits per heavy atom. The second-order valence-corrected chi connectivity index (χ2v) is 6.13. The minimum absolute atomic E-state index is 0.00757. The number of hydrogen-bond donors (Lipinski definition) is 1. The van der Waals surface area contributed by atoms with Crippen molar-refractivity contribution in [2.45, 2.75) is 19.0 Å². The quantitative estimate of drug-likeness (QED) is 0.909. The maximum absolute atomic E-state index is 12.6. The fourth-order valence-corrected chi connectivity index (χ4v) is 3.36. The number of nitrogens with zero attached hydrogens (tertiary/aromatic N) is 1. The van der Waals surface area contributed by atoms with Crippen molar-refractivity contribution < 1.29 is 4.79 Å². The molecular weight excluding hydrogens is 328 g/mol. The van der Waals surface area contributed by atoms with E-state index in [0.717, 1.165) is 23.0 Å². The smallest absolute Gasteiger partial charge is 0.244 e. The van der Waals surface area contributed by atoms with E-state index in [4.69, 9.17) is 5.73 Å². The molecule has 0 unspecified atom stereocenters. The van der Waals surface area contributed by atoms with Crippen molar-refractivity contribution in [3.05, 3.63) is 69.7 Å².